The van der Waals surface area contributed by atoms with Crippen molar-refractivity contribution in [3.63, 3.8) is 0 Å². The first-order chi connectivity index (χ1) is 11.1. The van der Waals surface area contributed by atoms with Gasteiger partial charge in [-0.05, 0) is 43.9 Å². The summed E-state index contributed by atoms with van der Waals surface area (Å²) >= 11 is 1.56. The highest BCUT2D eigenvalue weighted by Gasteiger charge is 2.52. The first-order valence-corrected chi connectivity index (χ1v) is 9.44. The summed E-state index contributed by atoms with van der Waals surface area (Å²) in [4.78, 5) is 29.8. The SMILES string of the molecule is O=C(O)Cc1csc(C2CCN(C(=O)[C@@H]3C[C@H]3C3CC3)CC2)n1. The van der Waals surface area contributed by atoms with Crippen molar-refractivity contribution in [2.24, 2.45) is 17.8 Å². The summed E-state index contributed by atoms with van der Waals surface area (Å²) in [6, 6.07) is 0. The molecule has 2 heterocycles. The molecule has 0 unspecified atom stereocenters. The molecule has 0 radical (unpaired) electrons. The Morgan fingerprint density at radius 2 is 2.00 bits per heavy atom. The van der Waals surface area contributed by atoms with Crippen LogP contribution in [0.5, 0.6) is 0 Å². The van der Waals surface area contributed by atoms with Crippen LogP contribution in [0.3, 0.4) is 0 Å². The van der Waals surface area contributed by atoms with Gasteiger partial charge >= 0.3 is 5.97 Å². The number of aliphatic carboxylic acids is 1. The molecule has 6 heteroatoms. The van der Waals surface area contributed by atoms with E-state index in [1.807, 2.05) is 5.38 Å². The normalized spacial score (nSPS) is 27.9. The molecule has 124 valence electrons. The predicted molar refractivity (Wildman–Crippen MR) is 86.3 cm³/mol. The Balaban J connectivity index is 1.29. The summed E-state index contributed by atoms with van der Waals surface area (Å²) < 4.78 is 0. The zero-order valence-corrected chi connectivity index (χ0v) is 13.9. The fourth-order valence-electron chi connectivity index (χ4n) is 3.87. The highest BCUT2D eigenvalue weighted by molar-refractivity contribution is 7.09. The summed E-state index contributed by atoms with van der Waals surface area (Å²) in [5.74, 6) is 1.79. The van der Waals surface area contributed by atoms with Crippen LogP contribution in [0.2, 0.25) is 0 Å². The standard InChI is InChI=1S/C17H22N2O3S/c20-15(21)7-12-9-23-16(18-12)11-3-5-19(6-4-11)17(22)14-8-13(14)10-1-2-10/h9-11,13-14H,1-8H2,(H,20,21)/t13-,14+/m0/s1. The Morgan fingerprint density at radius 1 is 1.26 bits per heavy atom. The monoisotopic (exact) mass is 334 g/mol. The van der Waals surface area contributed by atoms with Crippen LogP contribution in [0.15, 0.2) is 5.38 Å². The Hall–Kier alpha value is -1.43. The highest BCUT2D eigenvalue weighted by Crippen LogP contribution is 2.55. The number of nitrogens with zero attached hydrogens (tertiary/aromatic N) is 2. The molecule has 5 nitrogen and oxygen atoms in total. The van der Waals surface area contributed by atoms with Crippen LogP contribution < -0.4 is 0 Å². The second-order valence-electron chi connectivity index (χ2n) is 7.19. The number of likely N-dealkylation sites (tertiary alicyclic amines) is 1. The molecular weight excluding hydrogens is 312 g/mol. The van der Waals surface area contributed by atoms with Crippen LogP contribution in [-0.2, 0) is 16.0 Å². The van der Waals surface area contributed by atoms with Crippen LogP contribution in [0.1, 0.15) is 48.7 Å². The molecule has 1 amide bonds. The summed E-state index contributed by atoms with van der Waals surface area (Å²) in [5, 5.41) is 11.7. The maximum atomic E-state index is 12.5. The number of amides is 1. The van der Waals surface area contributed by atoms with Crippen LogP contribution >= 0.6 is 11.3 Å². The van der Waals surface area contributed by atoms with Crippen LogP contribution in [-0.4, -0.2) is 40.0 Å². The molecule has 1 aliphatic heterocycles. The van der Waals surface area contributed by atoms with E-state index in [1.165, 1.54) is 12.8 Å². The molecule has 1 saturated heterocycles. The quantitative estimate of drug-likeness (QED) is 0.898. The van der Waals surface area contributed by atoms with Crippen molar-refractivity contribution in [1.29, 1.82) is 0 Å². The number of carboxylic acids is 1. The summed E-state index contributed by atoms with van der Waals surface area (Å²) in [6.45, 7) is 1.65. The molecular formula is C17H22N2O3S. The van der Waals surface area contributed by atoms with Crippen LogP contribution in [0.4, 0.5) is 0 Å². The molecule has 1 N–H and O–H groups in total. The number of aromatic nitrogens is 1. The lowest BCUT2D eigenvalue weighted by Gasteiger charge is -2.31. The zero-order chi connectivity index (χ0) is 16.0. The predicted octanol–water partition coefficient (Wildman–Crippen LogP) is 2.52. The molecule has 0 bridgehead atoms. The van der Waals surface area contributed by atoms with E-state index in [0.29, 0.717) is 29.4 Å². The Kier molecular flexibility index (Phi) is 3.87. The van der Waals surface area contributed by atoms with Crippen molar-refractivity contribution in [3.8, 4) is 0 Å². The third kappa shape index (κ3) is 3.27. The maximum absolute atomic E-state index is 12.5. The molecule has 1 aromatic rings. The number of hydrogen-bond donors (Lipinski definition) is 1. The number of carbonyl (C=O) groups excluding carboxylic acids is 1. The lowest BCUT2D eigenvalue weighted by molar-refractivity contribution is -0.136. The second kappa shape index (κ2) is 5.89. The van der Waals surface area contributed by atoms with Gasteiger partial charge in [-0.3, -0.25) is 9.59 Å². The average Bonchev–Trinajstić information content (AvgIpc) is 3.43. The van der Waals surface area contributed by atoms with Gasteiger partial charge in [0.05, 0.1) is 17.1 Å². The third-order valence-corrected chi connectivity index (χ3v) is 6.50. The van der Waals surface area contributed by atoms with E-state index < -0.39 is 5.97 Å². The van der Waals surface area contributed by atoms with Gasteiger partial charge in [0.15, 0.2) is 0 Å². The number of carbonyl (C=O) groups is 2. The molecule has 2 aliphatic carbocycles. The van der Waals surface area contributed by atoms with E-state index >= 15 is 0 Å². The summed E-state index contributed by atoms with van der Waals surface area (Å²) in [5.41, 5.74) is 0.654. The number of rotatable bonds is 5. The number of carboxylic acid groups (broad SMARTS) is 1. The van der Waals surface area contributed by atoms with E-state index in [-0.39, 0.29) is 6.42 Å². The smallest absolute Gasteiger partial charge is 0.309 e. The van der Waals surface area contributed by atoms with Gasteiger partial charge < -0.3 is 10.0 Å². The number of hydrogen-bond acceptors (Lipinski definition) is 4. The van der Waals surface area contributed by atoms with Gasteiger partial charge in [0.2, 0.25) is 5.91 Å². The average molecular weight is 334 g/mol. The number of thiazole rings is 1. The van der Waals surface area contributed by atoms with Crippen molar-refractivity contribution in [2.45, 2.75) is 44.4 Å². The van der Waals surface area contributed by atoms with Crippen LogP contribution in [0, 0.1) is 17.8 Å². The largest absolute Gasteiger partial charge is 0.481 e. The third-order valence-electron chi connectivity index (χ3n) is 5.44. The first-order valence-electron chi connectivity index (χ1n) is 8.56. The minimum atomic E-state index is -0.836. The van der Waals surface area contributed by atoms with E-state index in [2.05, 4.69) is 9.88 Å². The van der Waals surface area contributed by atoms with Gasteiger partial charge in [-0.25, -0.2) is 4.98 Å². The molecule has 1 aromatic heterocycles. The molecule has 0 spiro atoms. The van der Waals surface area contributed by atoms with E-state index in [0.717, 1.165) is 43.3 Å². The maximum Gasteiger partial charge on any atom is 0.309 e. The zero-order valence-electron chi connectivity index (χ0n) is 13.1. The minimum absolute atomic E-state index is 0.00192. The molecule has 4 rings (SSSR count). The molecule has 3 aliphatic rings. The van der Waals surface area contributed by atoms with Crippen molar-refractivity contribution in [2.75, 3.05) is 13.1 Å². The molecule has 2 atom stereocenters. The molecule has 0 aromatic carbocycles. The van der Waals surface area contributed by atoms with Crippen LogP contribution in [0.25, 0.3) is 0 Å². The van der Waals surface area contributed by atoms with Crippen molar-refractivity contribution >= 4 is 23.2 Å². The van der Waals surface area contributed by atoms with Gasteiger partial charge in [0.1, 0.15) is 0 Å². The summed E-state index contributed by atoms with van der Waals surface area (Å²) in [6.07, 6.45) is 5.68. The van der Waals surface area contributed by atoms with E-state index in [4.69, 9.17) is 5.11 Å². The van der Waals surface area contributed by atoms with Crippen molar-refractivity contribution in [1.82, 2.24) is 9.88 Å². The fourth-order valence-corrected chi connectivity index (χ4v) is 4.86. The first kappa shape index (κ1) is 15.1. The molecule has 3 fully saturated rings. The van der Waals surface area contributed by atoms with Gasteiger partial charge in [0, 0.05) is 30.3 Å². The van der Waals surface area contributed by atoms with Gasteiger partial charge in [0.25, 0.3) is 0 Å². The molecule has 2 saturated carbocycles. The van der Waals surface area contributed by atoms with Gasteiger partial charge in [-0.2, -0.15) is 0 Å². The van der Waals surface area contributed by atoms with Gasteiger partial charge in [-0.15, -0.1) is 11.3 Å². The molecule has 23 heavy (non-hydrogen) atoms. The van der Waals surface area contributed by atoms with Crippen molar-refractivity contribution in [3.05, 3.63) is 16.1 Å². The Morgan fingerprint density at radius 3 is 2.65 bits per heavy atom. The van der Waals surface area contributed by atoms with E-state index in [1.54, 1.807) is 11.3 Å². The van der Waals surface area contributed by atoms with Crippen molar-refractivity contribution < 1.29 is 14.7 Å². The highest BCUT2D eigenvalue weighted by atomic mass is 32.1. The fraction of sp³-hybridized carbons (Fsp3) is 0.706. The Labute approximate surface area is 139 Å². The minimum Gasteiger partial charge on any atom is -0.481 e. The topological polar surface area (TPSA) is 70.5 Å². The number of piperidine rings is 1. The van der Waals surface area contributed by atoms with Gasteiger partial charge in [-0.1, -0.05) is 0 Å². The second-order valence-corrected chi connectivity index (χ2v) is 8.08. The van der Waals surface area contributed by atoms with E-state index in [9.17, 15) is 9.59 Å². The Bertz CT molecular complexity index is 617. The summed E-state index contributed by atoms with van der Waals surface area (Å²) in [7, 11) is 0. The lowest BCUT2D eigenvalue weighted by atomic mass is 9.97. The lowest BCUT2D eigenvalue weighted by Crippen LogP contribution is -2.39.